The van der Waals surface area contributed by atoms with Crippen LogP contribution in [-0.4, -0.2) is 68.8 Å². The number of ether oxygens (including phenoxy) is 3. The summed E-state index contributed by atoms with van der Waals surface area (Å²) in [5, 5.41) is 14.4. The third-order valence-electron chi connectivity index (χ3n) is 8.70. The standard InChI is InChI=1S/C34H39ClN2O8S/c1-5-21-15-24(35)16-22(6-2)31(21)36-29(38)18-37-17-27(26-11-12-28-33(20(26)3)45-19-44-28)30(34(39)40)32(37)23-7-9-25(10-8-23)43-13-14-46(4,41)42/h7-12,15-16,27,30,32H,5-6,13-14,17-19H2,1-4H3,(H,36,38)(H,39,40)/t27-,30?,32+/m1/s1. The number of rotatable bonds is 12. The molecule has 3 aromatic rings. The molecule has 12 heteroatoms. The fourth-order valence-corrected chi connectivity index (χ4v) is 7.16. The van der Waals surface area contributed by atoms with Crippen molar-refractivity contribution in [3.63, 3.8) is 0 Å². The van der Waals surface area contributed by atoms with Crippen LogP contribution >= 0.6 is 11.6 Å². The first-order valence-electron chi connectivity index (χ1n) is 15.3. The van der Waals surface area contributed by atoms with Gasteiger partial charge in [0.1, 0.15) is 12.4 Å². The topological polar surface area (TPSA) is 131 Å². The molecule has 2 heterocycles. The predicted octanol–water partition coefficient (Wildman–Crippen LogP) is 5.41. The van der Waals surface area contributed by atoms with E-state index in [1.807, 2.05) is 43.9 Å². The summed E-state index contributed by atoms with van der Waals surface area (Å²) in [6.07, 6.45) is 2.51. The van der Waals surface area contributed by atoms with Crippen molar-refractivity contribution in [2.24, 2.45) is 5.92 Å². The number of aryl methyl sites for hydroxylation is 2. The van der Waals surface area contributed by atoms with Crippen LogP contribution in [0, 0.1) is 12.8 Å². The van der Waals surface area contributed by atoms with Gasteiger partial charge < -0.3 is 24.6 Å². The number of hydrogen-bond acceptors (Lipinski definition) is 8. The average Bonchev–Trinajstić information content (AvgIpc) is 3.63. The molecule has 46 heavy (non-hydrogen) atoms. The highest BCUT2D eigenvalue weighted by atomic mass is 35.5. The summed E-state index contributed by atoms with van der Waals surface area (Å²) in [6.45, 7) is 6.27. The van der Waals surface area contributed by atoms with Gasteiger partial charge >= 0.3 is 5.97 Å². The normalized spacial score (nSPS) is 19.3. The highest BCUT2D eigenvalue weighted by Crippen LogP contribution is 2.49. The van der Waals surface area contributed by atoms with Crippen molar-refractivity contribution in [2.75, 3.05) is 43.8 Å². The van der Waals surface area contributed by atoms with Gasteiger partial charge in [0.05, 0.1) is 18.2 Å². The summed E-state index contributed by atoms with van der Waals surface area (Å²) >= 11 is 6.34. The molecular formula is C34H39ClN2O8S. The van der Waals surface area contributed by atoms with Crippen LogP contribution in [0.1, 0.15) is 53.6 Å². The Labute approximate surface area is 274 Å². The second-order valence-corrected chi connectivity index (χ2v) is 14.5. The van der Waals surface area contributed by atoms with Crippen LogP contribution in [0.25, 0.3) is 0 Å². The Morgan fingerprint density at radius 1 is 1.07 bits per heavy atom. The van der Waals surface area contributed by atoms with Gasteiger partial charge in [0.25, 0.3) is 0 Å². The Kier molecular flexibility index (Phi) is 10.1. The van der Waals surface area contributed by atoms with Crippen LogP contribution in [0.15, 0.2) is 48.5 Å². The fourth-order valence-electron chi connectivity index (χ4n) is 6.51. The molecule has 3 atom stereocenters. The summed E-state index contributed by atoms with van der Waals surface area (Å²) in [4.78, 5) is 28.7. The smallest absolute Gasteiger partial charge is 0.309 e. The molecule has 0 spiro atoms. The Balaban J connectivity index is 1.48. The maximum absolute atomic E-state index is 13.7. The lowest BCUT2D eigenvalue weighted by molar-refractivity contribution is -0.143. The number of anilines is 1. The Hall–Kier alpha value is -3.80. The van der Waals surface area contributed by atoms with Gasteiger partial charge in [-0.2, -0.15) is 0 Å². The van der Waals surface area contributed by atoms with Crippen LogP contribution in [-0.2, 0) is 32.3 Å². The molecule has 1 fully saturated rings. The molecular weight excluding hydrogens is 632 g/mol. The number of likely N-dealkylation sites (tertiary alicyclic amines) is 1. The van der Waals surface area contributed by atoms with Gasteiger partial charge in [0.2, 0.25) is 12.7 Å². The quantitative estimate of drug-likeness (QED) is 0.260. The van der Waals surface area contributed by atoms with Gasteiger partial charge in [0, 0.05) is 35.5 Å². The van der Waals surface area contributed by atoms with Crippen molar-refractivity contribution in [1.82, 2.24) is 4.90 Å². The largest absolute Gasteiger partial charge is 0.493 e. The van der Waals surface area contributed by atoms with E-state index in [1.54, 1.807) is 30.3 Å². The number of carbonyl (C=O) groups is 2. The van der Waals surface area contributed by atoms with Crippen LogP contribution in [0.4, 0.5) is 5.69 Å². The molecule has 0 radical (unpaired) electrons. The summed E-state index contributed by atoms with van der Waals surface area (Å²) < 4.78 is 39.9. The van der Waals surface area contributed by atoms with Crippen molar-refractivity contribution < 1.29 is 37.3 Å². The van der Waals surface area contributed by atoms with E-state index >= 15 is 0 Å². The van der Waals surface area contributed by atoms with Gasteiger partial charge in [-0.25, -0.2) is 8.42 Å². The predicted molar refractivity (Wildman–Crippen MR) is 176 cm³/mol. The highest BCUT2D eigenvalue weighted by Gasteiger charge is 2.48. The number of nitrogens with one attached hydrogen (secondary N) is 1. The molecule has 5 rings (SSSR count). The molecule has 1 saturated heterocycles. The van der Waals surface area contributed by atoms with Crippen LogP contribution in [0.2, 0.25) is 5.02 Å². The molecule has 10 nitrogen and oxygen atoms in total. The molecule has 1 amide bonds. The molecule has 2 aliphatic heterocycles. The van der Waals surface area contributed by atoms with Crippen molar-refractivity contribution in [2.45, 2.75) is 45.6 Å². The molecule has 0 aliphatic carbocycles. The molecule has 0 aromatic heterocycles. The number of sulfone groups is 1. The highest BCUT2D eigenvalue weighted by molar-refractivity contribution is 7.90. The van der Waals surface area contributed by atoms with Crippen molar-refractivity contribution in [1.29, 1.82) is 0 Å². The first-order chi connectivity index (χ1) is 21.9. The minimum absolute atomic E-state index is 0.00130. The summed E-state index contributed by atoms with van der Waals surface area (Å²) in [7, 11) is -3.18. The van der Waals surface area contributed by atoms with Crippen LogP contribution < -0.4 is 19.5 Å². The van der Waals surface area contributed by atoms with Gasteiger partial charge in [0.15, 0.2) is 21.3 Å². The zero-order chi connectivity index (χ0) is 33.2. The van der Waals surface area contributed by atoms with E-state index in [-0.39, 0.29) is 31.6 Å². The van der Waals surface area contributed by atoms with E-state index in [1.165, 1.54) is 0 Å². The number of fused-ring (bicyclic) bond motifs is 1. The van der Waals surface area contributed by atoms with Crippen LogP contribution in [0.5, 0.6) is 17.2 Å². The monoisotopic (exact) mass is 670 g/mol. The second-order valence-electron chi connectivity index (χ2n) is 11.8. The van der Waals surface area contributed by atoms with E-state index in [2.05, 4.69) is 5.32 Å². The van der Waals surface area contributed by atoms with Gasteiger partial charge in [-0.05, 0) is 77.9 Å². The SMILES string of the molecule is CCc1cc(Cl)cc(CC)c1NC(=O)CN1C[C@H](c2ccc3c(c2C)OCO3)C(C(=O)O)[C@@H]1c1ccc(OCCS(C)(=O)=O)cc1. The number of carbonyl (C=O) groups excluding carboxylic acids is 1. The zero-order valence-corrected chi connectivity index (χ0v) is 27.9. The number of nitrogens with zero attached hydrogens (tertiary/aromatic N) is 1. The number of amides is 1. The Morgan fingerprint density at radius 3 is 2.35 bits per heavy atom. The fraction of sp³-hybridized carbons (Fsp3) is 0.412. The first kappa shape index (κ1) is 33.6. The molecule has 246 valence electrons. The average molecular weight is 671 g/mol. The summed E-state index contributed by atoms with van der Waals surface area (Å²) in [6, 6.07) is 13.7. The summed E-state index contributed by atoms with van der Waals surface area (Å²) in [5.41, 5.74) is 4.94. The molecule has 2 N–H and O–H groups in total. The van der Waals surface area contributed by atoms with Gasteiger partial charge in [-0.3, -0.25) is 14.5 Å². The number of carboxylic acids is 1. The van der Waals surface area contributed by atoms with Crippen molar-refractivity contribution >= 4 is 39.0 Å². The molecule has 2 aliphatic rings. The van der Waals surface area contributed by atoms with Gasteiger partial charge in [-0.15, -0.1) is 0 Å². The lowest BCUT2D eigenvalue weighted by Crippen LogP contribution is -2.35. The molecule has 0 saturated carbocycles. The minimum atomic E-state index is -3.18. The Bertz CT molecular complexity index is 1700. The third kappa shape index (κ3) is 7.27. The van der Waals surface area contributed by atoms with Crippen LogP contribution in [0.3, 0.4) is 0 Å². The van der Waals surface area contributed by atoms with Crippen molar-refractivity contribution in [3.05, 3.63) is 81.4 Å². The number of halogens is 1. The maximum Gasteiger partial charge on any atom is 0.309 e. The molecule has 1 unspecified atom stereocenters. The molecule has 0 bridgehead atoms. The van der Waals surface area contributed by atoms with E-state index in [9.17, 15) is 23.1 Å². The minimum Gasteiger partial charge on any atom is -0.493 e. The van der Waals surface area contributed by atoms with E-state index < -0.39 is 33.7 Å². The number of hydrogen-bond donors (Lipinski definition) is 2. The maximum atomic E-state index is 13.7. The van der Waals surface area contributed by atoms with Gasteiger partial charge in [-0.1, -0.05) is 43.6 Å². The Morgan fingerprint density at radius 2 is 1.74 bits per heavy atom. The van der Waals surface area contributed by atoms with E-state index in [0.29, 0.717) is 47.2 Å². The second kappa shape index (κ2) is 13.9. The van der Waals surface area contributed by atoms with E-state index in [0.717, 1.165) is 34.2 Å². The van der Waals surface area contributed by atoms with E-state index in [4.69, 9.17) is 25.8 Å². The number of aliphatic carboxylic acids is 1. The first-order valence-corrected chi connectivity index (χ1v) is 17.7. The van der Waals surface area contributed by atoms with Crippen molar-refractivity contribution in [3.8, 4) is 17.2 Å². The lowest BCUT2D eigenvalue weighted by Gasteiger charge is -2.27. The number of benzene rings is 3. The zero-order valence-electron chi connectivity index (χ0n) is 26.3. The molecule has 3 aromatic carbocycles. The third-order valence-corrected chi connectivity index (χ3v) is 9.82. The summed E-state index contributed by atoms with van der Waals surface area (Å²) in [5.74, 6) is -1.02. The lowest BCUT2D eigenvalue weighted by atomic mass is 9.81. The number of carboxylic acid groups (broad SMARTS) is 1.